The molecule has 4 nitrogen and oxygen atoms in total. The van der Waals surface area contributed by atoms with E-state index in [1.165, 1.54) is 0 Å². The summed E-state index contributed by atoms with van der Waals surface area (Å²) in [5.74, 6) is 1.73. The van der Waals surface area contributed by atoms with Crippen molar-refractivity contribution in [1.29, 1.82) is 0 Å². The van der Waals surface area contributed by atoms with E-state index in [9.17, 15) is 4.79 Å². The Balaban J connectivity index is 1.61. The Labute approximate surface area is 141 Å². The van der Waals surface area contributed by atoms with Crippen LogP contribution in [-0.2, 0) is 11.3 Å². The van der Waals surface area contributed by atoms with Crippen LogP contribution in [0.2, 0.25) is 5.02 Å². The fraction of sp³-hybridized carbons (Fsp3) is 0.389. The molecule has 0 spiro atoms. The molecule has 1 aliphatic carbocycles. The van der Waals surface area contributed by atoms with Crippen LogP contribution in [0.15, 0.2) is 40.8 Å². The van der Waals surface area contributed by atoms with E-state index in [0.717, 1.165) is 29.9 Å². The van der Waals surface area contributed by atoms with E-state index in [0.29, 0.717) is 17.6 Å². The van der Waals surface area contributed by atoms with Crippen LogP contribution in [0.5, 0.6) is 0 Å². The lowest BCUT2D eigenvalue weighted by Crippen LogP contribution is -2.43. The van der Waals surface area contributed by atoms with Gasteiger partial charge in [0.2, 0.25) is 5.91 Å². The van der Waals surface area contributed by atoms with Crippen molar-refractivity contribution in [3.8, 4) is 11.3 Å². The standard InChI is InChI=1S/C18H21ClN2O2/c1-12(18(22)20-15-7-8-15)21(2)11-16-9-10-17(23-16)13-3-5-14(19)6-4-13/h3-6,9-10,12,15H,7-8,11H2,1-2H3,(H,20,22)/t12-/m1/s1. The van der Waals surface area contributed by atoms with Gasteiger partial charge in [-0.1, -0.05) is 11.6 Å². The van der Waals surface area contributed by atoms with E-state index in [4.69, 9.17) is 16.0 Å². The van der Waals surface area contributed by atoms with Crippen molar-refractivity contribution in [3.05, 3.63) is 47.2 Å². The SMILES string of the molecule is C[C@H](C(=O)NC1CC1)N(C)Cc1ccc(-c2ccc(Cl)cc2)o1. The quantitative estimate of drug-likeness (QED) is 0.877. The van der Waals surface area contributed by atoms with Crippen LogP contribution < -0.4 is 5.32 Å². The predicted octanol–water partition coefficient (Wildman–Crippen LogP) is 3.70. The topological polar surface area (TPSA) is 45.5 Å². The first-order valence-electron chi connectivity index (χ1n) is 7.88. The van der Waals surface area contributed by atoms with Gasteiger partial charge in [0.25, 0.3) is 0 Å². The molecular weight excluding hydrogens is 312 g/mol. The van der Waals surface area contributed by atoms with Gasteiger partial charge < -0.3 is 9.73 Å². The number of nitrogens with zero attached hydrogens (tertiary/aromatic N) is 1. The highest BCUT2D eigenvalue weighted by atomic mass is 35.5. The van der Waals surface area contributed by atoms with Gasteiger partial charge in [-0.05, 0) is 63.2 Å². The molecule has 23 heavy (non-hydrogen) atoms. The molecule has 3 rings (SSSR count). The lowest BCUT2D eigenvalue weighted by molar-refractivity contribution is -0.125. The third kappa shape index (κ3) is 4.15. The molecule has 1 aliphatic rings. The zero-order valence-electron chi connectivity index (χ0n) is 13.4. The Morgan fingerprint density at radius 1 is 1.30 bits per heavy atom. The average Bonchev–Trinajstić information content (AvgIpc) is 3.23. The summed E-state index contributed by atoms with van der Waals surface area (Å²) in [6.07, 6.45) is 2.20. The van der Waals surface area contributed by atoms with Gasteiger partial charge in [0.15, 0.2) is 0 Å². The Bertz CT molecular complexity index is 677. The molecule has 1 heterocycles. The number of furan rings is 1. The number of hydrogen-bond acceptors (Lipinski definition) is 3. The molecule has 1 saturated carbocycles. The van der Waals surface area contributed by atoms with E-state index < -0.39 is 0 Å². The first-order valence-corrected chi connectivity index (χ1v) is 8.26. The largest absolute Gasteiger partial charge is 0.460 e. The molecule has 0 radical (unpaired) electrons. The van der Waals surface area contributed by atoms with Crippen LogP contribution in [0.4, 0.5) is 0 Å². The molecule has 1 fully saturated rings. The number of halogens is 1. The molecule has 0 saturated heterocycles. The van der Waals surface area contributed by atoms with Crippen molar-refractivity contribution in [1.82, 2.24) is 10.2 Å². The van der Waals surface area contributed by atoms with Crippen LogP contribution in [0, 0.1) is 0 Å². The fourth-order valence-electron chi connectivity index (χ4n) is 2.36. The summed E-state index contributed by atoms with van der Waals surface area (Å²) in [7, 11) is 1.93. The highest BCUT2D eigenvalue weighted by Gasteiger charge is 2.27. The lowest BCUT2D eigenvalue weighted by atomic mass is 10.2. The Morgan fingerprint density at radius 3 is 2.65 bits per heavy atom. The molecule has 1 atom stereocenters. The molecule has 122 valence electrons. The van der Waals surface area contributed by atoms with Crippen LogP contribution in [0.25, 0.3) is 11.3 Å². The molecule has 1 aromatic carbocycles. The van der Waals surface area contributed by atoms with Gasteiger partial charge in [-0.2, -0.15) is 0 Å². The maximum atomic E-state index is 12.1. The molecular formula is C18H21ClN2O2. The minimum absolute atomic E-state index is 0.0829. The van der Waals surface area contributed by atoms with Crippen molar-refractivity contribution in [2.24, 2.45) is 0 Å². The maximum Gasteiger partial charge on any atom is 0.237 e. The predicted molar refractivity (Wildman–Crippen MR) is 91.2 cm³/mol. The first-order chi connectivity index (χ1) is 11.0. The van der Waals surface area contributed by atoms with E-state index >= 15 is 0 Å². The van der Waals surface area contributed by atoms with Crippen molar-refractivity contribution >= 4 is 17.5 Å². The number of rotatable bonds is 6. The maximum absolute atomic E-state index is 12.1. The fourth-order valence-corrected chi connectivity index (χ4v) is 2.49. The second kappa shape index (κ2) is 6.77. The number of carbonyl (C=O) groups excluding carboxylic acids is 1. The molecule has 0 unspecified atom stereocenters. The van der Waals surface area contributed by atoms with Crippen molar-refractivity contribution in [3.63, 3.8) is 0 Å². The van der Waals surface area contributed by atoms with Crippen LogP contribution in [0.1, 0.15) is 25.5 Å². The van der Waals surface area contributed by atoms with Gasteiger partial charge in [-0.3, -0.25) is 9.69 Å². The van der Waals surface area contributed by atoms with Gasteiger partial charge in [0.1, 0.15) is 11.5 Å². The second-order valence-corrected chi connectivity index (χ2v) is 6.58. The van der Waals surface area contributed by atoms with Crippen molar-refractivity contribution in [2.75, 3.05) is 7.05 Å². The van der Waals surface area contributed by atoms with Crippen molar-refractivity contribution in [2.45, 2.75) is 38.4 Å². The summed E-state index contributed by atoms with van der Waals surface area (Å²) in [5, 5.41) is 3.74. The van der Waals surface area contributed by atoms with Crippen LogP contribution >= 0.6 is 11.6 Å². The molecule has 0 aliphatic heterocycles. The van der Waals surface area contributed by atoms with Gasteiger partial charge >= 0.3 is 0 Å². The number of likely N-dealkylation sites (N-methyl/N-ethyl adjacent to an activating group) is 1. The number of benzene rings is 1. The summed E-state index contributed by atoms with van der Waals surface area (Å²) in [4.78, 5) is 14.1. The third-order valence-corrected chi connectivity index (χ3v) is 4.41. The first kappa shape index (κ1) is 16.1. The van der Waals surface area contributed by atoms with E-state index in [-0.39, 0.29) is 11.9 Å². The van der Waals surface area contributed by atoms with E-state index in [1.807, 2.05) is 55.3 Å². The smallest absolute Gasteiger partial charge is 0.237 e. The number of carbonyl (C=O) groups is 1. The monoisotopic (exact) mass is 332 g/mol. The highest BCUT2D eigenvalue weighted by molar-refractivity contribution is 6.30. The lowest BCUT2D eigenvalue weighted by Gasteiger charge is -2.22. The summed E-state index contributed by atoms with van der Waals surface area (Å²) in [6, 6.07) is 11.7. The zero-order chi connectivity index (χ0) is 16.4. The average molecular weight is 333 g/mol. The molecule has 5 heteroatoms. The Kier molecular flexibility index (Phi) is 4.74. The minimum Gasteiger partial charge on any atom is -0.460 e. The third-order valence-electron chi connectivity index (χ3n) is 4.16. The Morgan fingerprint density at radius 2 is 2.00 bits per heavy atom. The number of amides is 1. The zero-order valence-corrected chi connectivity index (χ0v) is 14.1. The summed E-state index contributed by atoms with van der Waals surface area (Å²) in [5.41, 5.74) is 0.989. The molecule has 0 bridgehead atoms. The summed E-state index contributed by atoms with van der Waals surface area (Å²) >= 11 is 5.90. The second-order valence-electron chi connectivity index (χ2n) is 6.15. The number of hydrogen-bond donors (Lipinski definition) is 1. The highest BCUT2D eigenvalue weighted by Crippen LogP contribution is 2.24. The van der Waals surface area contributed by atoms with E-state index in [1.54, 1.807) is 0 Å². The summed E-state index contributed by atoms with van der Waals surface area (Å²) < 4.78 is 5.89. The van der Waals surface area contributed by atoms with Crippen molar-refractivity contribution < 1.29 is 9.21 Å². The van der Waals surface area contributed by atoms with Gasteiger partial charge in [-0.25, -0.2) is 0 Å². The molecule has 2 aromatic rings. The summed E-state index contributed by atoms with van der Waals surface area (Å²) in [6.45, 7) is 2.51. The van der Waals surface area contributed by atoms with Crippen LogP contribution in [0.3, 0.4) is 0 Å². The van der Waals surface area contributed by atoms with Gasteiger partial charge in [0, 0.05) is 16.6 Å². The molecule has 1 N–H and O–H groups in total. The minimum atomic E-state index is -0.181. The van der Waals surface area contributed by atoms with Gasteiger partial charge in [-0.15, -0.1) is 0 Å². The number of nitrogens with one attached hydrogen (secondary N) is 1. The molecule has 1 amide bonds. The Hall–Kier alpha value is -1.78. The van der Waals surface area contributed by atoms with E-state index in [2.05, 4.69) is 5.32 Å². The molecule has 1 aromatic heterocycles. The van der Waals surface area contributed by atoms with Crippen LogP contribution in [-0.4, -0.2) is 29.9 Å². The van der Waals surface area contributed by atoms with Gasteiger partial charge in [0.05, 0.1) is 12.6 Å². The normalized spacial score (nSPS) is 15.7.